The lowest BCUT2D eigenvalue weighted by Gasteiger charge is -2.08. The number of carbonyl (C=O) groups is 2. The lowest BCUT2D eigenvalue weighted by Crippen LogP contribution is -2.35. The normalized spacial score (nSPS) is 11.4. The summed E-state index contributed by atoms with van der Waals surface area (Å²) in [6, 6.07) is 10.2. The fraction of sp³-hybridized carbons (Fsp3) is 0.158. The summed E-state index contributed by atoms with van der Waals surface area (Å²) in [5, 5.41) is 5.15. The number of sulfonamides is 1. The second kappa shape index (κ2) is 10.6. The van der Waals surface area contributed by atoms with Crippen molar-refractivity contribution in [2.45, 2.75) is 6.42 Å². The number of rotatable bonds is 9. The first-order valence-electron chi connectivity index (χ1n) is 8.61. The van der Waals surface area contributed by atoms with E-state index in [0.717, 1.165) is 11.5 Å². The molecule has 2 aromatic rings. The Labute approximate surface area is 171 Å². The first kappa shape index (κ1) is 23.1. The van der Waals surface area contributed by atoms with Crippen molar-refractivity contribution < 1.29 is 31.2 Å². The van der Waals surface area contributed by atoms with Crippen LogP contribution in [0.1, 0.15) is 12.0 Å². The molecule has 0 radical (unpaired) electrons. The fourth-order valence-corrected chi connectivity index (χ4v) is 2.99. The molecular weight excluding hydrogens is 423 g/mol. The number of halogens is 3. The summed E-state index contributed by atoms with van der Waals surface area (Å²) >= 11 is 0. The minimum absolute atomic E-state index is 0.216. The van der Waals surface area contributed by atoms with Crippen LogP contribution >= 0.6 is 0 Å². The number of carbonyl (C=O) groups excluding carboxylic acids is 2. The molecule has 0 atom stereocenters. The quantitative estimate of drug-likeness (QED) is 0.519. The smallest absolute Gasteiger partial charge is 0.243 e. The third-order valence-electron chi connectivity index (χ3n) is 3.65. The van der Waals surface area contributed by atoms with Crippen LogP contribution in [0, 0.1) is 17.5 Å². The van der Waals surface area contributed by atoms with Crippen LogP contribution in [0.15, 0.2) is 47.9 Å². The van der Waals surface area contributed by atoms with Gasteiger partial charge in [0.05, 0.1) is 12.2 Å². The summed E-state index contributed by atoms with van der Waals surface area (Å²) in [6.07, 6.45) is 1.13. The van der Waals surface area contributed by atoms with Gasteiger partial charge < -0.3 is 10.6 Å². The second-order valence-electron chi connectivity index (χ2n) is 5.95. The van der Waals surface area contributed by atoms with Gasteiger partial charge >= 0.3 is 0 Å². The molecule has 0 heterocycles. The molecule has 0 saturated heterocycles. The van der Waals surface area contributed by atoms with Crippen LogP contribution in [-0.4, -0.2) is 33.3 Å². The summed E-state index contributed by atoms with van der Waals surface area (Å²) in [7, 11) is -3.76. The molecule has 11 heteroatoms. The van der Waals surface area contributed by atoms with Gasteiger partial charge in [0.15, 0.2) is 17.5 Å². The van der Waals surface area contributed by atoms with Crippen LogP contribution in [0.4, 0.5) is 18.9 Å². The largest absolute Gasteiger partial charge is 0.347 e. The fourth-order valence-electron chi connectivity index (χ4n) is 2.17. The van der Waals surface area contributed by atoms with Gasteiger partial charge in [0, 0.05) is 18.4 Å². The Hall–Kier alpha value is -3.18. The average Bonchev–Trinajstić information content (AvgIpc) is 2.72. The summed E-state index contributed by atoms with van der Waals surface area (Å²) in [5.41, 5.74) is 0.107. The highest BCUT2D eigenvalue weighted by molar-refractivity contribution is 7.92. The third-order valence-corrected chi connectivity index (χ3v) is 4.75. The minimum atomic E-state index is -3.76. The maximum absolute atomic E-state index is 13.5. The van der Waals surface area contributed by atoms with Crippen molar-refractivity contribution in [3.63, 3.8) is 0 Å². The molecule has 0 fully saturated rings. The van der Waals surface area contributed by atoms with Crippen molar-refractivity contribution >= 4 is 33.6 Å². The molecule has 3 N–H and O–H groups in total. The van der Waals surface area contributed by atoms with Crippen LogP contribution in [0.25, 0.3) is 6.08 Å². The summed E-state index contributed by atoms with van der Waals surface area (Å²) in [6.45, 7) is -0.787. The Morgan fingerprint density at radius 1 is 0.933 bits per heavy atom. The van der Waals surface area contributed by atoms with Gasteiger partial charge in [-0.1, -0.05) is 30.3 Å². The standard InChI is InChI=1S/C19H18F3N3O4S/c20-14-6-7-15(19(22)18(14)21)25-17(27)12-23-16(26)8-10-24-30(28,29)11-9-13-4-2-1-3-5-13/h1-7,9,11,24H,8,10,12H2,(H,23,26)(H,25,27)/b11-9+. The van der Waals surface area contributed by atoms with Crippen LogP contribution in [0.5, 0.6) is 0 Å². The molecule has 30 heavy (non-hydrogen) atoms. The van der Waals surface area contributed by atoms with Gasteiger partial charge in [-0.15, -0.1) is 0 Å². The zero-order valence-electron chi connectivity index (χ0n) is 15.5. The lowest BCUT2D eigenvalue weighted by molar-refractivity contribution is -0.124. The molecule has 0 aromatic heterocycles. The summed E-state index contributed by atoms with van der Waals surface area (Å²) in [4.78, 5) is 23.4. The predicted octanol–water partition coefficient (Wildman–Crippen LogP) is 2.14. The second-order valence-corrected chi connectivity index (χ2v) is 7.60. The molecule has 0 aliphatic rings. The minimum Gasteiger partial charge on any atom is -0.347 e. The van der Waals surface area contributed by atoms with Crippen molar-refractivity contribution in [3.05, 3.63) is 70.9 Å². The maximum atomic E-state index is 13.5. The highest BCUT2D eigenvalue weighted by atomic mass is 32.2. The summed E-state index contributed by atoms with van der Waals surface area (Å²) < 4.78 is 65.4. The molecule has 0 aliphatic heterocycles. The van der Waals surface area contributed by atoms with E-state index in [4.69, 9.17) is 0 Å². The Bertz CT molecular complexity index is 1040. The highest BCUT2D eigenvalue weighted by Crippen LogP contribution is 2.19. The van der Waals surface area contributed by atoms with Gasteiger partial charge in [0.25, 0.3) is 0 Å². The molecule has 0 unspecified atom stereocenters. The first-order valence-corrected chi connectivity index (χ1v) is 10.2. The topological polar surface area (TPSA) is 104 Å². The van der Waals surface area contributed by atoms with Crippen LogP contribution in [0.3, 0.4) is 0 Å². The van der Waals surface area contributed by atoms with Crippen molar-refractivity contribution in [1.82, 2.24) is 10.0 Å². The average molecular weight is 441 g/mol. The molecule has 7 nitrogen and oxygen atoms in total. The van der Waals surface area contributed by atoms with Gasteiger partial charge in [0.2, 0.25) is 21.8 Å². The predicted molar refractivity (Wildman–Crippen MR) is 105 cm³/mol. The van der Waals surface area contributed by atoms with E-state index in [1.165, 1.54) is 6.08 Å². The zero-order chi connectivity index (χ0) is 22.1. The molecule has 0 saturated carbocycles. The van der Waals surface area contributed by atoms with Crippen molar-refractivity contribution in [2.75, 3.05) is 18.4 Å². The Morgan fingerprint density at radius 2 is 1.63 bits per heavy atom. The van der Waals surface area contributed by atoms with Crippen molar-refractivity contribution in [1.29, 1.82) is 0 Å². The molecule has 0 aliphatic carbocycles. The van der Waals surface area contributed by atoms with Gasteiger partial charge in [-0.3, -0.25) is 9.59 Å². The van der Waals surface area contributed by atoms with Gasteiger partial charge in [-0.2, -0.15) is 0 Å². The monoisotopic (exact) mass is 441 g/mol. The first-order chi connectivity index (χ1) is 14.2. The van der Waals surface area contributed by atoms with E-state index in [0.29, 0.717) is 11.6 Å². The number of benzene rings is 2. The molecule has 2 aromatic carbocycles. The number of amides is 2. The van der Waals surface area contributed by atoms with E-state index in [1.54, 1.807) is 30.3 Å². The van der Waals surface area contributed by atoms with Gasteiger partial charge in [-0.25, -0.2) is 26.3 Å². The van der Waals surface area contributed by atoms with E-state index in [2.05, 4.69) is 10.0 Å². The molecular formula is C19H18F3N3O4S. The molecule has 0 spiro atoms. The Balaban J connectivity index is 1.74. The number of anilines is 1. The molecule has 2 rings (SSSR count). The van der Waals surface area contributed by atoms with E-state index < -0.39 is 51.5 Å². The number of nitrogens with one attached hydrogen (secondary N) is 3. The lowest BCUT2D eigenvalue weighted by atomic mass is 10.2. The third kappa shape index (κ3) is 7.33. The van der Waals surface area contributed by atoms with Crippen molar-refractivity contribution in [3.8, 4) is 0 Å². The molecule has 160 valence electrons. The maximum Gasteiger partial charge on any atom is 0.243 e. The van der Waals surface area contributed by atoms with Gasteiger partial charge in [-0.05, 0) is 23.8 Å². The Morgan fingerprint density at radius 3 is 2.33 bits per heavy atom. The SMILES string of the molecule is O=C(CCNS(=O)(=O)/C=C/c1ccccc1)NCC(=O)Nc1ccc(F)c(F)c1F. The molecule has 2 amide bonds. The van der Waals surface area contributed by atoms with E-state index in [1.807, 2.05) is 5.32 Å². The van der Waals surface area contributed by atoms with Crippen LogP contribution < -0.4 is 15.4 Å². The summed E-state index contributed by atoms with van der Waals surface area (Å²) in [5.74, 6) is -6.22. The van der Waals surface area contributed by atoms with Crippen LogP contribution in [-0.2, 0) is 19.6 Å². The van der Waals surface area contributed by atoms with Crippen molar-refractivity contribution in [2.24, 2.45) is 0 Å². The number of hydrogen-bond donors (Lipinski definition) is 3. The molecule has 0 bridgehead atoms. The van der Waals surface area contributed by atoms with E-state index in [-0.39, 0.29) is 13.0 Å². The van der Waals surface area contributed by atoms with Crippen LogP contribution in [0.2, 0.25) is 0 Å². The zero-order valence-corrected chi connectivity index (χ0v) is 16.3. The van der Waals surface area contributed by atoms with Gasteiger partial charge in [0.1, 0.15) is 0 Å². The Kier molecular flexibility index (Phi) is 8.13. The van der Waals surface area contributed by atoms with E-state index in [9.17, 15) is 31.2 Å². The van der Waals surface area contributed by atoms with E-state index >= 15 is 0 Å². The number of hydrogen-bond acceptors (Lipinski definition) is 4. The highest BCUT2D eigenvalue weighted by Gasteiger charge is 2.15.